The van der Waals surface area contributed by atoms with Crippen molar-refractivity contribution in [3.8, 4) is 0 Å². The molecule has 86 valence electrons. The van der Waals surface area contributed by atoms with Crippen molar-refractivity contribution in [2.24, 2.45) is 11.1 Å². The Morgan fingerprint density at radius 1 is 1.50 bits per heavy atom. The first-order valence-electron chi connectivity index (χ1n) is 5.05. The summed E-state index contributed by atoms with van der Waals surface area (Å²) < 4.78 is 13.7. The number of halogens is 1. The van der Waals surface area contributed by atoms with Crippen LogP contribution in [0.1, 0.15) is 25.3 Å². The van der Waals surface area contributed by atoms with Crippen LogP contribution >= 0.6 is 0 Å². The topological polar surface area (TPSA) is 69.2 Å². The Hall–Kier alpha value is -1.49. The number of hydrogen-bond acceptors (Lipinski definition) is 3. The van der Waals surface area contributed by atoms with Crippen LogP contribution in [0.4, 0.5) is 10.1 Å². The molecule has 0 spiro atoms. The van der Waals surface area contributed by atoms with Crippen molar-refractivity contribution >= 4 is 5.69 Å². The van der Waals surface area contributed by atoms with E-state index in [1.54, 1.807) is 0 Å². The van der Waals surface area contributed by atoms with E-state index in [0.717, 1.165) is 6.07 Å². The van der Waals surface area contributed by atoms with E-state index in [2.05, 4.69) is 0 Å². The third kappa shape index (κ3) is 1.48. The zero-order valence-electron chi connectivity index (χ0n) is 9.11. The molecule has 1 aromatic rings. The van der Waals surface area contributed by atoms with E-state index in [4.69, 9.17) is 5.73 Å². The maximum Gasteiger partial charge on any atom is 0.272 e. The second-order valence-electron chi connectivity index (χ2n) is 4.79. The highest BCUT2D eigenvalue weighted by Gasteiger charge is 2.57. The molecule has 0 radical (unpaired) electrons. The Labute approximate surface area is 92.4 Å². The van der Waals surface area contributed by atoms with Crippen molar-refractivity contribution in [2.45, 2.75) is 25.8 Å². The number of rotatable bonds is 2. The SMILES string of the molecule is CC1(C)C(N)C1c1ccc([N+](=O)[O-])cc1F. The summed E-state index contributed by atoms with van der Waals surface area (Å²) in [6, 6.07) is 3.66. The zero-order chi connectivity index (χ0) is 12.1. The van der Waals surface area contributed by atoms with Gasteiger partial charge in [-0.05, 0) is 17.0 Å². The summed E-state index contributed by atoms with van der Waals surface area (Å²) in [6.07, 6.45) is 0. The standard InChI is InChI=1S/C11H13FN2O2/c1-11(2)9(10(11)13)7-4-3-6(14(15)16)5-8(7)12/h3-5,9-10H,13H2,1-2H3. The predicted octanol–water partition coefficient (Wildman–Crippen LogP) is 2.18. The average Bonchev–Trinajstić information content (AvgIpc) is 2.67. The fraction of sp³-hybridized carbons (Fsp3) is 0.455. The van der Waals surface area contributed by atoms with Crippen LogP contribution in [0.15, 0.2) is 18.2 Å². The monoisotopic (exact) mass is 224 g/mol. The second-order valence-corrected chi connectivity index (χ2v) is 4.79. The molecular weight excluding hydrogens is 211 g/mol. The van der Waals surface area contributed by atoms with Crippen molar-refractivity contribution in [3.05, 3.63) is 39.7 Å². The van der Waals surface area contributed by atoms with Gasteiger partial charge < -0.3 is 5.73 Å². The van der Waals surface area contributed by atoms with Crippen LogP contribution in [0, 0.1) is 21.3 Å². The molecular formula is C11H13FN2O2. The van der Waals surface area contributed by atoms with Gasteiger partial charge in [-0.15, -0.1) is 0 Å². The lowest BCUT2D eigenvalue weighted by Crippen LogP contribution is -2.06. The van der Waals surface area contributed by atoms with Gasteiger partial charge in [-0.1, -0.05) is 13.8 Å². The highest BCUT2D eigenvalue weighted by molar-refractivity contribution is 5.41. The molecule has 0 amide bonds. The Morgan fingerprint density at radius 2 is 2.06 bits per heavy atom. The summed E-state index contributed by atoms with van der Waals surface area (Å²) >= 11 is 0. The van der Waals surface area contributed by atoms with Gasteiger partial charge in [0.05, 0.1) is 11.0 Å². The van der Waals surface area contributed by atoms with Crippen LogP contribution in [0.25, 0.3) is 0 Å². The molecule has 0 bridgehead atoms. The molecule has 0 aromatic heterocycles. The highest BCUT2D eigenvalue weighted by atomic mass is 19.1. The van der Waals surface area contributed by atoms with Gasteiger partial charge in [-0.3, -0.25) is 10.1 Å². The Bertz CT molecular complexity index is 459. The molecule has 0 heterocycles. The molecule has 0 saturated heterocycles. The molecule has 1 saturated carbocycles. The molecule has 2 unspecified atom stereocenters. The first-order valence-corrected chi connectivity index (χ1v) is 5.05. The first kappa shape index (κ1) is 11.0. The summed E-state index contributed by atoms with van der Waals surface area (Å²) in [5.74, 6) is -0.589. The third-order valence-corrected chi connectivity index (χ3v) is 3.44. The number of nitro benzene ring substituents is 1. The fourth-order valence-electron chi connectivity index (χ4n) is 2.15. The van der Waals surface area contributed by atoms with Crippen molar-refractivity contribution in [2.75, 3.05) is 0 Å². The highest BCUT2D eigenvalue weighted by Crippen LogP contribution is 2.57. The lowest BCUT2D eigenvalue weighted by molar-refractivity contribution is -0.385. The van der Waals surface area contributed by atoms with E-state index in [1.807, 2.05) is 13.8 Å². The smallest absolute Gasteiger partial charge is 0.272 e. The molecule has 4 nitrogen and oxygen atoms in total. The van der Waals surface area contributed by atoms with E-state index in [-0.39, 0.29) is 23.1 Å². The average molecular weight is 224 g/mol. The molecule has 2 rings (SSSR count). The molecule has 2 atom stereocenters. The zero-order valence-corrected chi connectivity index (χ0v) is 9.11. The Morgan fingerprint density at radius 3 is 2.44 bits per heavy atom. The van der Waals surface area contributed by atoms with Crippen LogP contribution < -0.4 is 5.73 Å². The Balaban J connectivity index is 2.35. The van der Waals surface area contributed by atoms with E-state index in [0.29, 0.717) is 5.56 Å². The van der Waals surface area contributed by atoms with Crippen LogP contribution in [0.5, 0.6) is 0 Å². The molecule has 1 aliphatic carbocycles. The van der Waals surface area contributed by atoms with E-state index in [9.17, 15) is 14.5 Å². The Kier molecular flexibility index (Phi) is 2.24. The van der Waals surface area contributed by atoms with Gasteiger partial charge in [0.2, 0.25) is 0 Å². The maximum atomic E-state index is 13.7. The number of nitrogens with two attached hydrogens (primary N) is 1. The summed E-state index contributed by atoms with van der Waals surface area (Å²) in [7, 11) is 0. The van der Waals surface area contributed by atoms with E-state index >= 15 is 0 Å². The molecule has 5 heteroatoms. The van der Waals surface area contributed by atoms with Crippen molar-refractivity contribution in [1.82, 2.24) is 0 Å². The predicted molar refractivity (Wildman–Crippen MR) is 57.6 cm³/mol. The van der Waals surface area contributed by atoms with Crippen LogP contribution in [-0.4, -0.2) is 11.0 Å². The quantitative estimate of drug-likeness (QED) is 0.618. The van der Waals surface area contributed by atoms with Gasteiger partial charge >= 0.3 is 0 Å². The molecule has 16 heavy (non-hydrogen) atoms. The first-order chi connectivity index (χ1) is 7.35. The fourth-order valence-corrected chi connectivity index (χ4v) is 2.15. The minimum atomic E-state index is -0.606. The third-order valence-electron chi connectivity index (χ3n) is 3.44. The molecule has 0 aliphatic heterocycles. The maximum absolute atomic E-state index is 13.7. The summed E-state index contributed by atoms with van der Waals surface area (Å²) in [6.45, 7) is 3.92. The van der Waals surface area contributed by atoms with Crippen LogP contribution in [0.3, 0.4) is 0 Å². The second kappa shape index (κ2) is 3.25. The lowest BCUT2D eigenvalue weighted by Gasteiger charge is -2.04. The van der Waals surface area contributed by atoms with Gasteiger partial charge in [0.1, 0.15) is 5.82 Å². The van der Waals surface area contributed by atoms with Gasteiger partial charge in [0.15, 0.2) is 0 Å². The van der Waals surface area contributed by atoms with Crippen molar-refractivity contribution < 1.29 is 9.31 Å². The van der Waals surface area contributed by atoms with Crippen molar-refractivity contribution in [1.29, 1.82) is 0 Å². The molecule has 1 aliphatic rings. The number of nitrogens with zero attached hydrogens (tertiary/aromatic N) is 1. The normalized spacial score (nSPS) is 26.5. The van der Waals surface area contributed by atoms with Crippen LogP contribution in [-0.2, 0) is 0 Å². The van der Waals surface area contributed by atoms with Gasteiger partial charge in [0, 0.05) is 18.0 Å². The minimum Gasteiger partial charge on any atom is -0.327 e. The van der Waals surface area contributed by atoms with Crippen LogP contribution in [0.2, 0.25) is 0 Å². The van der Waals surface area contributed by atoms with Gasteiger partial charge in [0.25, 0.3) is 5.69 Å². The van der Waals surface area contributed by atoms with E-state index in [1.165, 1.54) is 12.1 Å². The molecule has 1 fully saturated rings. The molecule has 2 N–H and O–H groups in total. The van der Waals surface area contributed by atoms with Gasteiger partial charge in [-0.2, -0.15) is 0 Å². The lowest BCUT2D eigenvalue weighted by atomic mass is 10.0. The van der Waals surface area contributed by atoms with Gasteiger partial charge in [-0.25, -0.2) is 4.39 Å². The summed E-state index contributed by atoms with van der Waals surface area (Å²) in [5.41, 5.74) is 5.96. The number of nitro groups is 1. The number of non-ortho nitro benzene ring substituents is 1. The minimum absolute atomic E-state index is 0.0479. The number of benzene rings is 1. The van der Waals surface area contributed by atoms with Crippen molar-refractivity contribution in [3.63, 3.8) is 0 Å². The van der Waals surface area contributed by atoms with E-state index < -0.39 is 10.7 Å². The number of hydrogen-bond donors (Lipinski definition) is 1. The summed E-state index contributed by atoms with van der Waals surface area (Å²) in [4.78, 5) is 9.85. The summed E-state index contributed by atoms with van der Waals surface area (Å²) in [5, 5.41) is 10.5. The largest absolute Gasteiger partial charge is 0.327 e. The molecule has 1 aromatic carbocycles.